The third-order valence-corrected chi connectivity index (χ3v) is 5.69. The van der Waals surface area contributed by atoms with Gasteiger partial charge in [0, 0.05) is 31.9 Å². The minimum Gasteiger partial charge on any atom is -0.474 e. The van der Waals surface area contributed by atoms with Crippen LogP contribution in [0.15, 0.2) is 42.6 Å². The van der Waals surface area contributed by atoms with Crippen LogP contribution in [0.2, 0.25) is 0 Å². The number of aromatic nitrogens is 1. The van der Waals surface area contributed by atoms with E-state index in [1.165, 1.54) is 18.4 Å². The van der Waals surface area contributed by atoms with E-state index >= 15 is 0 Å². The van der Waals surface area contributed by atoms with Gasteiger partial charge < -0.3 is 15.4 Å². The van der Waals surface area contributed by atoms with Crippen LogP contribution in [0.1, 0.15) is 56.2 Å². The maximum Gasteiger partial charge on any atom is 0.315 e. The van der Waals surface area contributed by atoms with Crippen molar-refractivity contribution in [3.63, 3.8) is 0 Å². The number of amides is 2. The number of carbonyl (C=O) groups is 1. The molecular weight excluding hydrogens is 376 g/mol. The quantitative estimate of drug-likeness (QED) is 0.615. The highest BCUT2D eigenvalue weighted by atomic mass is 16.5. The molecule has 0 bridgehead atoms. The number of rotatable bonds is 10. The molecule has 1 aromatic heterocycles. The predicted octanol–water partition coefficient (Wildman–Crippen LogP) is 4.24. The average Bonchev–Trinajstić information content (AvgIpc) is 3.28. The monoisotopic (exact) mass is 410 g/mol. The highest BCUT2D eigenvalue weighted by Crippen LogP contribution is 2.23. The summed E-state index contributed by atoms with van der Waals surface area (Å²) in [6, 6.07) is 11.9. The standard InChI is InChI=1S/C24H34N4O2/c1-3-28(4-2)18-21-10-6-5-9-20(21)17-27-24(29)26-16-19-13-14-25-23(15-19)30-22-11-7-8-12-22/h5-6,9-10,13-15,22H,3-4,7-8,11-12,16-18H2,1-2H3,(H2,26,27,29). The molecule has 162 valence electrons. The van der Waals surface area contributed by atoms with E-state index in [1.54, 1.807) is 6.20 Å². The first-order valence-electron chi connectivity index (χ1n) is 11.1. The van der Waals surface area contributed by atoms with E-state index in [2.05, 4.69) is 52.6 Å². The van der Waals surface area contributed by atoms with E-state index in [0.717, 1.165) is 43.6 Å². The summed E-state index contributed by atoms with van der Waals surface area (Å²) in [5.74, 6) is 0.645. The van der Waals surface area contributed by atoms with Gasteiger partial charge in [-0.15, -0.1) is 0 Å². The summed E-state index contributed by atoms with van der Waals surface area (Å²) in [5.41, 5.74) is 3.38. The predicted molar refractivity (Wildman–Crippen MR) is 119 cm³/mol. The van der Waals surface area contributed by atoms with Gasteiger partial charge in [0.1, 0.15) is 6.10 Å². The van der Waals surface area contributed by atoms with E-state index in [1.807, 2.05) is 18.2 Å². The first kappa shape index (κ1) is 22.1. The zero-order valence-electron chi connectivity index (χ0n) is 18.2. The van der Waals surface area contributed by atoms with E-state index < -0.39 is 0 Å². The Labute approximate surface area is 180 Å². The van der Waals surface area contributed by atoms with Crippen molar-refractivity contribution in [3.8, 4) is 5.88 Å². The Morgan fingerprint density at radius 2 is 1.77 bits per heavy atom. The van der Waals surface area contributed by atoms with Crippen molar-refractivity contribution in [1.29, 1.82) is 0 Å². The van der Waals surface area contributed by atoms with E-state index in [9.17, 15) is 4.79 Å². The molecule has 0 radical (unpaired) electrons. The average molecular weight is 411 g/mol. The highest BCUT2D eigenvalue weighted by Gasteiger charge is 2.17. The van der Waals surface area contributed by atoms with Gasteiger partial charge in [-0.05, 0) is 61.5 Å². The van der Waals surface area contributed by atoms with Gasteiger partial charge in [0.15, 0.2) is 0 Å². The minimum absolute atomic E-state index is 0.178. The number of benzene rings is 1. The number of pyridine rings is 1. The number of nitrogens with zero attached hydrogens (tertiary/aromatic N) is 2. The molecule has 6 heteroatoms. The van der Waals surface area contributed by atoms with Gasteiger partial charge in [-0.3, -0.25) is 4.90 Å². The Bertz CT molecular complexity index is 801. The van der Waals surface area contributed by atoms with Crippen LogP contribution in [0.3, 0.4) is 0 Å². The number of carbonyl (C=O) groups excluding carboxylic acids is 1. The number of hydrogen-bond acceptors (Lipinski definition) is 4. The normalized spacial score (nSPS) is 14.1. The second-order valence-corrected chi connectivity index (χ2v) is 7.79. The van der Waals surface area contributed by atoms with Crippen molar-refractivity contribution in [1.82, 2.24) is 20.5 Å². The van der Waals surface area contributed by atoms with Crippen molar-refractivity contribution >= 4 is 6.03 Å². The van der Waals surface area contributed by atoms with Crippen LogP contribution in [0.25, 0.3) is 0 Å². The fraction of sp³-hybridized carbons (Fsp3) is 0.500. The number of nitrogens with one attached hydrogen (secondary N) is 2. The van der Waals surface area contributed by atoms with E-state index in [4.69, 9.17) is 4.74 Å². The van der Waals surface area contributed by atoms with Crippen LogP contribution in [-0.4, -0.2) is 35.1 Å². The van der Waals surface area contributed by atoms with Gasteiger partial charge in [0.2, 0.25) is 5.88 Å². The molecule has 1 saturated carbocycles. The van der Waals surface area contributed by atoms with Gasteiger partial charge in [0.25, 0.3) is 0 Å². The first-order chi connectivity index (χ1) is 14.7. The smallest absolute Gasteiger partial charge is 0.315 e. The van der Waals surface area contributed by atoms with Crippen LogP contribution >= 0.6 is 0 Å². The minimum atomic E-state index is -0.178. The second-order valence-electron chi connectivity index (χ2n) is 7.79. The van der Waals surface area contributed by atoms with Gasteiger partial charge in [-0.1, -0.05) is 38.1 Å². The zero-order chi connectivity index (χ0) is 21.2. The molecule has 30 heavy (non-hydrogen) atoms. The zero-order valence-corrected chi connectivity index (χ0v) is 18.2. The molecule has 1 aliphatic carbocycles. The molecule has 3 rings (SSSR count). The summed E-state index contributed by atoms with van der Waals surface area (Å²) in [6.07, 6.45) is 6.67. The summed E-state index contributed by atoms with van der Waals surface area (Å²) in [7, 11) is 0. The molecule has 0 atom stereocenters. The summed E-state index contributed by atoms with van der Waals surface area (Å²) in [5, 5.41) is 5.91. The van der Waals surface area contributed by atoms with Crippen molar-refractivity contribution in [3.05, 3.63) is 59.3 Å². The van der Waals surface area contributed by atoms with E-state index in [-0.39, 0.29) is 12.1 Å². The maximum absolute atomic E-state index is 12.3. The molecule has 1 aromatic carbocycles. The second kappa shape index (κ2) is 11.6. The largest absolute Gasteiger partial charge is 0.474 e. The molecule has 1 fully saturated rings. The van der Waals surface area contributed by atoms with Gasteiger partial charge in [-0.25, -0.2) is 9.78 Å². The van der Waals surface area contributed by atoms with Crippen molar-refractivity contribution in [2.75, 3.05) is 13.1 Å². The fourth-order valence-electron chi connectivity index (χ4n) is 3.79. The highest BCUT2D eigenvalue weighted by molar-refractivity contribution is 5.73. The van der Waals surface area contributed by atoms with Gasteiger partial charge in [0.05, 0.1) is 0 Å². The van der Waals surface area contributed by atoms with Crippen molar-refractivity contribution < 1.29 is 9.53 Å². The van der Waals surface area contributed by atoms with Gasteiger partial charge in [-0.2, -0.15) is 0 Å². The summed E-state index contributed by atoms with van der Waals surface area (Å²) in [6.45, 7) is 8.20. The Hall–Kier alpha value is -2.60. The van der Waals surface area contributed by atoms with Crippen molar-refractivity contribution in [2.45, 2.75) is 65.3 Å². The SMILES string of the molecule is CCN(CC)Cc1ccccc1CNC(=O)NCc1ccnc(OC2CCCC2)c1. The molecule has 1 heterocycles. The van der Waals surface area contributed by atoms with Crippen molar-refractivity contribution in [2.24, 2.45) is 0 Å². The van der Waals surface area contributed by atoms with Crippen LogP contribution in [0, 0.1) is 0 Å². The maximum atomic E-state index is 12.3. The Kier molecular flexibility index (Phi) is 8.51. The molecule has 0 spiro atoms. The lowest BCUT2D eigenvalue weighted by atomic mass is 10.1. The third-order valence-electron chi connectivity index (χ3n) is 5.69. The van der Waals surface area contributed by atoms with Crippen LogP contribution < -0.4 is 15.4 Å². The fourth-order valence-corrected chi connectivity index (χ4v) is 3.79. The Balaban J connectivity index is 1.47. The number of urea groups is 1. The number of hydrogen-bond donors (Lipinski definition) is 2. The Morgan fingerprint density at radius 1 is 1.07 bits per heavy atom. The molecule has 1 aliphatic rings. The van der Waals surface area contributed by atoms with Crippen LogP contribution in [-0.2, 0) is 19.6 Å². The summed E-state index contributed by atoms with van der Waals surface area (Å²) >= 11 is 0. The van der Waals surface area contributed by atoms with Gasteiger partial charge >= 0.3 is 6.03 Å². The lowest BCUT2D eigenvalue weighted by molar-refractivity contribution is 0.201. The molecule has 0 aliphatic heterocycles. The first-order valence-corrected chi connectivity index (χ1v) is 11.1. The molecule has 6 nitrogen and oxygen atoms in total. The summed E-state index contributed by atoms with van der Waals surface area (Å²) < 4.78 is 5.95. The lowest BCUT2D eigenvalue weighted by Gasteiger charge is -2.20. The molecular formula is C24H34N4O2. The topological polar surface area (TPSA) is 66.5 Å². The third kappa shape index (κ3) is 6.73. The Morgan fingerprint density at radius 3 is 2.50 bits per heavy atom. The molecule has 0 saturated heterocycles. The molecule has 0 unspecified atom stereocenters. The molecule has 2 amide bonds. The van der Waals surface area contributed by atoms with E-state index in [0.29, 0.717) is 19.0 Å². The lowest BCUT2D eigenvalue weighted by Crippen LogP contribution is -2.35. The molecule has 2 N–H and O–H groups in total. The molecule has 2 aromatic rings. The van der Waals surface area contributed by atoms with Crippen LogP contribution in [0.5, 0.6) is 5.88 Å². The van der Waals surface area contributed by atoms with Crippen LogP contribution in [0.4, 0.5) is 4.79 Å². The number of ether oxygens (including phenoxy) is 1. The summed E-state index contributed by atoms with van der Waals surface area (Å²) in [4.78, 5) is 19.0.